The number of nitrogens with zero attached hydrogens (tertiary/aromatic N) is 1. The van der Waals surface area contributed by atoms with Gasteiger partial charge in [0.1, 0.15) is 0 Å². The largest absolute Gasteiger partial charge is 0.332 e. The zero-order valence-corrected chi connectivity index (χ0v) is 12.0. The maximum atomic E-state index is 12.4. The first-order valence-electron chi connectivity index (χ1n) is 5.71. The van der Waals surface area contributed by atoms with E-state index in [9.17, 15) is 4.79 Å². The molecule has 1 amide bonds. The van der Waals surface area contributed by atoms with E-state index in [1.807, 2.05) is 12.1 Å². The van der Waals surface area contributed by atoms with Crippen molar-refractivity contribution in [2.75, 3.05) is 0 Å². The Hall–Kier alpha value is -0.350. The minimum atomic E-state index is 0.201. The monoisotopic (exact) mass is 301 g/mol. The number of carbonyl (C=O) groups is 1. The lowest BCUT2D eigenvalue weighted by Gasteiger charge is -2.27. The predicted octanol–water partition coefficient (Wildman–Crippen LogP) is 3.91. The van der Waals surface area contributed by atoms with E-state index in [0.29, 0.717) is 12.1 Å². The summed E-state index contributed by atoms with van der Waals surface area (Å²) in [6.07, 6.45) is 3.34. The van der Waals surface area contributed by atoms with Gasteiger partial charge in [0.25, 0.3) is 5.91 Å². The van der Waals surface area contributed by atoms with Gasteiger partial charge in [0, 0.05) is 12.1 Å². The number of halogens is 1. The SMILES string of the molecule is CCC1CCC(C)N1C(=O)c1ccc(Br)s1. The molecule has 0 bridgehead atoms. The Kier molecular flexibility index (Phi) is 3.70. The summed E-state index contributed by atoms with van der Waals surface area (Å²) < 4.78 is 1.02. The molecule has 0 aromatic carbocycles. The van der Waals surface area contributed by atoms with Crippen molar-refractivity contribution in [3.63, 3.8) is 0 Å². The van der Waals surface area contributed by atoms with E-state index in [1.54, 1.807) is 0 Å². The first-order valence-corrected chi connectivity index (χ1v) is 7.32. The van der Waals surface area contributed by atoms with Crippen molar-refractivity contribution >= 4 is 33.2 Å². The number of hydrogen-bond acceptors (Lipinski definition) is 2. The maximum absolute atomic E-state index is 12.4. The number of amides is 1. The Bertz CT molecular complexity index is 390. The van der Waals surface area contributed by atoms with Gasteiger partial charge in [-0.2, -0.15) is 0 Å². The Labute approximate surface area is 109 Å². The van der Waals surface area contributed by atoms with Crippen LogP contribution < -0.4 is 0 Å². The Morgan fingerprint density at radius 1 is 1.56 bits per heavy atom. The van der Waals surface area contributed by atoms with Crippen LogP contribution in [0.25, 0.3) is 0 Å². The van der Waals surface area contributed by atoms with E-state index in [1.165, 1.54) is 11.3 Å². The number of thiophene rings is 1. The smallest absolute Gasteiger partial charge is 0.264 e. The molecule has 1 aromatic heterocycles. The summed E-state index contributed by atoms with van der Waals surface area (Å²) in [5.74, 6) is 0.201. The van der Waals surface area contributed by atoms with Gasteiger partial charge in [-0.15, -0.1) is 11.3 Å². The van der Waals surface area contributed by atoms with Crippen molar-refractivity contribution in [2.24, 2.45) is 0 Å². The van der Waals surface area contributed by atoms with Crippen LogP contribution in [0.15, 0.2) is 15.9 Å². The van der Waals surface area contributed by atoms with Gasteiger partial charge in [-0.1, -0.05) is 6.92 Å². The Morgan fingerprint density at radius 3 is 2.88 bits per heavy atom. The van der Waals surface area contributed by atoms with Crippen LogP contribution in [0, 0.1) is 0 Å². The third-order valence-electron chi connectivity index (χ3n) is 3.28. The fourth-order valence-electron chi connectivity index (χ4n) is 2.39. The molecule has 0 radical (unpaired) electrons. The van der Waals surface area contributed by atoms with Gasteiger partial charge < -0.3 is 4.90 Å². The van der Waals surface area contributed by atoms with E-state index in [0.717, 1.165) is 27.9 Å². The van der Waals surface area contributed by atoms with Crippen molar-refractivity contribution < 1.29 is 4.79 Å². The molecule has 2 unspecified atom stereocenters. The molecule has 16 heavy (non-hydrogen) atoms. The van der Waals surface area contributed by atoms with Crippen LogP contribution in [0.4, 0.5) is 0 Å². The third kappa shape index (κ3) is 2.18. The van der Waals surface area contributed by atoms with Gasteiger partial charge in [-0.25, -0.2) is 0 Å². The van der Waals surface area contributed by atoms with Crippen LogP contribution in [-0.2, 0) is 0 Å². The second-order valence-corrected chi connectivity index (χ2v) is 6.77. The van der Waals surface area contributed by atoms with Crippen LogP contribution in [0.1, 0.15) is 42.8 Å². The van der Waals surface area contributed by atoms with Crippen LogP contribution >= 0.6 is 27.3 Å². The first kappa shape index (κ1) is 12.1. The number of rotatable bonds is 2. The quantitative estimate of drug-likeness (QED) is 0.811. The highest BCUT2D eigenvalue weighted by Gasteiger charge is 2.33. The molecule has 1 aliphatic rings. The lowest BCUT2D eigenvalue weighted by atomic mass is 10.1. The summed E-state index contributed by atoms with van der Waals surface area (Å²) in [5.41, 5.74) is 0. The van der Waals surface area contributed by atoms with E-state index in [-0.39, 0.29) is 5.91 Å². The minimum absolute atomic E-state index is 0.201. The van der Waals surface area contributed by atoms with Crippen molar-refractivity contribution in [1.82, 2.24) is 4.90 Å². The second kappa shape index (κ2) is 4.88. The zero-order valence-electron chi connectivity index (χ0n) is 9.57. The molecule has 1 saturated heterocycles. The standard InChI is InChI=1S/C12H16BrNOS/c1-3-9-5-4-8(2)14(9)12(15)10-6-7-11(13)16-10/h6-9H,3-5H2,1-2H3. The molecule has 1 aliphatic heterocycles. The molecular formula is C12H16BrNOS. The predicted molar refractivity (Wildman–Crippen MR) is 71.0 cm³/mol. The highest BCUT2D eigenvalue weighted by atomic mass is 79.9. The highest BCUT2D eigenvalue weighted by Crippen LogP contribution is 2.30. The number of likely N-dealkylation sites (tertiary alicyclic amines) is 1. The molecule has 2 atom stereocenters. The maximum Gasteiger partial charge on any atom is 0.264 e. The van der Waals surface area contributed by atoms with Gasteiger partial charge in [-0.05, 0) is 54.2 Å². The summed E-state index contributed by atoms with van der Waals surface area (Å²) in [6, 6.07) is 4.68. The van der Waals surface area contributed by atoms with Crippen molar-refractivity contribution in [2.45, 2.75) is 45.2 Å². The fraction of sp³-hybridized carbons (Fsp3) is 0.583. The second-order valence-electron chi connectivity index (χ2n) is 4.30. The van der Waals surface area contributed by atoms with Crippen LogP contribution in [0.3, 0.4) is 0 Å². The van der Waals surface area contributed by atoms with Crippen molar-refractivity contribution in [1.29, 1.82) is 0 Å². The average molecular weight is 302 g/mol. The molecule has 4 heteroatoms. The summed E-state index contributed by atoms with van der Waals surface area (Å²) in [6.45, 7) is 4.31. The molecule has 0 N–H and O–H groups in total. The minimum Gasteiger partial charge on any atom is -0.332 e. The van der Waals surface area contributed by atoms with E-state index >= 15 is 0 Å². The topological polar surface area (TPSA) is 20.3 Å². The molecule has 0 saturated carbocycles. The molecule has 2 heterocycles. The van der Waals surface area contributed by atoms with Crippen molar-refractivity contribution in [3.05, 3.63) is 20.8 Å². The summed E-state index contributed by atoms with van der Waals surface area (Å²) in [5, 5.41) is 0. The summed E-state index contributed by atoms with van der Waals surface area (Å²) in [7, 11) is 0. The Morgan fingerprint density at radius 2 is 2.31 bits per heavy atom. The molecule has 1 aromatic rings. The van der Waals surface area contributed by atoms with Gasteiger partial charge in [0.15, 0.2) is 0 Å². The van der Waals surface area contributed by atoms with Gasteiger partial charge in [0.05, 0.1) is 8.66 Å². The summed E-state index contributed by atoms with van der Waals surface area (Å²) >= 11 is 4.93. The molecule has 0 aliphatic carbocycles. The van der Waals surface area contributed by atoms with Crippen molar-refractivity contribution in [3.8, 4) is 0 Å². The lowest BCUT2D eigenvalue weighted by Crippen LogP contribution is -2.39. The molecule has 0 spiro atoms. The van der Waals surface area contributed by atoms with E-state index in [2.05, 4.69) is 34.7 Å². The number of carbonyl (C=O) groups excluding carboxylic acids is 1. The summed E-state index contributed by atoms with van der Waals surface area (Å²) in [4.78, 5) is 15.3. The van der Waals surface area contributed by atoms with Crippen LogP contribution in [0.2, 0.25) is 0 Å². The zero-order chi connectivity index (χ0) is 11.7. The van der Waals surface area contributed by atoms with Crippen LogP contribution in [0.5, 0.6) is 0 Å². The molecular weight excluding hydrogens is 286 g/mol. The molecule has 88 valence electrons. The first-order chi connectivity index (χ1) is 7.63. The molecule has 2 nitrogen and oxygen atoms in total. The average Bonchev–Trinajstić information content (AvgIpc) is 2.83. The number of hydrogen-bond donors (Lipinski definition) is 0. The highest BCUT2D eigenvalue weighted by molar-refractivity contribution is 9.11. The molecule has 1 fully saturated rings. The lowest BCUT2D eigenvalue weighted by molar-refractivity contribution is 0.0681. The van der Waals surface area contributed by atoms with E-state index in [4.69, 9.17) is 0 Å². The van der Waals surface area contributed by atoms with E-state index < -0.39 is 0 Å². The Balaban J connectivity index is 2.20. The van der Waals surface area contributed by atoms with Crippen LogP contribution in [-0.4, -0.2) is 22.9 Å². The molecule has 2 rings (SSSR count). The fourth-order valence-corrected chi connectivity index (χ4v) is 3.73. The van der Waals surface area contributed by atoms with Gasteiger partial charge in [-0.3, -0.25) is 4.79 Å². The normalized spacial score (nSPS) is 25.1. The van der Waals surface area contributed by atoms with Gasteiger partial charge in [0.2, 0.25) is 0 Å². The third-order valence-corrected chi connectivity index (χ3v) is 4.89. The van der Waals surface area contributed by atoms with Gasteiger partial charge >= 0.3 is 0 Å².